The molecule has 3 fully saturated rings. The lowest BCUT2D eigenvalue weighted by Gasteiger charge is -2.36. The summed E-state index contributed by atoms with van der Waals surface area (Å²) in [5, 5.41) is 0. The Bertz CT molecular complexity index is 485. The van der Waals surface area contributed by atoms with E-state index in [1.165, 1.54) is 38.5 Å². The van der Waals surface area contributed by atoms with E-state index in [-0.39, 0.29) is 0 Å². The van der Waals surface area contributed by atoms with Gasteiger partial charge in [-0.15, -0.1) is 0 Å². The summed E-state index contributed by atoms with van der Waals surface area (Å²) in [5.41, 5.74) is 2.85. The fraction of sp³-hybridized carbons (Fsp3) is 0.625. The minimum atomic E-state index is 0.645. The van der Waals surface area contributed by atoms with E-state index in [2.05, 4.69) is 20.9 Å². The predicted octanol–water partition coefficient (Wildman–Crippen LogP) is 3.25. The number of rotatable bonds is 2. The van der Waals surface area contributed by atoms with Crippen LogP contribution in [0.15, 0.2) is 24.0 Å². The Hall–Kier alpha value is -1.38. The molecule has 0 N–H and O–H groups in total. The van der Waals surface area contributed by atoms with Crippen molar-refractivity contribution in [1.82, 2.24) is 9.97 Å². The molecular formula is C16H21N3. The summed E-state index contributed by atoms with van der Waals surface area (Å²) < 4.78 is 0. The third-order valence-electron chi connectivity index (χ3n) is 4.71. The van der Waals surface area contributed by atoms with Crippen LogP contribution in [0.1, 0.15) is 44.1 Å². The van der Waals surface area contributed by atoms with Gasteiger partial charge in [0.1, 0.15) is 0 Å². The van der Waals surface area contributed by atoms with Crippen molar-refractivity contribution in [2.75, 3.05) is 4.90 Å². The number of nitrogens with zero attached hydrogens (tertiary/aromatic N) is 3. The van der Waals surface area contributed by atoms with Gasteiger partial charge in [-0.2, -0.15) is 0 Å². The topological polar surface area (TPSA) is 29.0 Å². The fourth-order valence-electron chi connectivity index (χ4n) is 3.63. The Morgan fingerprint density at radius 3 is 2.26 bits per heavy atom. The smallest absolute Gasteiger partial charge is 0.225 e. The molecular weight excluding hydrogens is 234 g/mol. The maximum absolute atomic E-state index is 4.54. The van der Waals surface area contributed by atoms with Gasteiger partial charge in [-0.3, -0.25) is 0 Å². The summed E-state index contributed by atoms with van der Waals surface area (Å²) in [6, 6.07) is 1.29. The number of hydrogen-bond acceptors (Lipinski definition) is 3. The number of aryl methyl sites for hydroxylation is 1. The Kier molecular flexibility index (Phi) is 2.61. The molecule has 2 aliphatic heterocycles. The molecule has 2 unspecified atom stereocenters. The lowest BCUT2D eigenvalue weighted by molar-refractivity contribution is 0.535. The van der Waals surface area contributed by atoms with E-state index >= 15 is 0 Å². The minimum absolute atomic E-state index is 0.645. The number of hydrogen-bond donors (Lipinski definition) is 0. The molecule has 3 aliphatic rings. The van der Waals surface area contributed by atoms with Gasteiger partial charge >= 0.3 is 0 Å². The largest absolute Gasteiger partial charge is 0.334 e. The summed E-state index contributed by atoms with van der Waals surface area (Å²) in [6.45, 7) is 2.05. The molecule has 2 atom stereocenters. The first-order valence-corrected chi connectivity index (χ1v) is 7.56. The normalized spacial score (nSPS) is 29.7. The minimum Gasteiger partial charge on any atom is -0.334 e. The van der Waals surface area contributed by atoms with Gasteiger partial charge in [0.05, 0.1) is 0 Å². The summed E-state index contributed by atoms with van der Waals surface area (Å²) in [6.07, 6.45) is 14.4. The second kappa shape index (κ2) is 4.32. The quantitative estimate of drug-likeness (QED) is 0.760. The summed E-state index contributed by atoms with van der Waals surface area (Å²) >= 11 is 0. The predicted molar refractivity (Wildman–Crippen MR) is 76.1 cm³/mol. The number of piperidine rings is 1. The molecule has 3 heterocycles. The van der Waals surface area contributed by atoms with Crippen LogP contribution in [0.4, 0.5) is 5.95 Å². The van der Waals surface area contributed by atoms with Gasteiger partial charge in [0, 0.05) is 24.5 Å². The van der Waals surface area contributed by atoms with Gasteiger partial charge in [0.15, 0.2) is 0 Å². The molecule has 3 nitrogen and oxygen atoms in total. The summed E-state index contributed by atoms with van der Waals surface area (Å²) in [5.74, 6) is 1.86. The molecule has 1 aliphatic carbocycles. The van der Waals surface area contributed by atoms with E-state index in [0.717, 1.165) is 17.4 Å². The van der Waals surface area contributed by atoms with Crippen molar-refractivity contribution in [2.24, 2.45) is 5.92 Å². The highest BCUT2D eigenvalue weighted by atomic mass is 15.3. The molecule has 0 spiro atoms. The van der Waals surface area contributed by atoms with E-state index in [0.29, 0.717) is 12.1 Å². The van der Waals surface area contributed by atoms with E-state index in [9.17, 15) is 0 Å². The van der Waals surface area contributed by atoms with Crippen LogP contribution < -0.4 is 4.90 Å². The van der Waals surface area contributed by atoms with Crippen molar-refractivity contribution in [1.29, 1.82) is 0 Å². The van der Waals surface area contributed by atoms with Crippen LogP contribution in [0.25, 0.3) is 0 Å². The zero-order valence-corrected chi connectivity index (χ0v) is 11.5. The molecule has 3 heteroatoms. The first kappa shape index (κ1) is 11.4. The Morgan fingerprint density at radius 1 is 1.05 bits per heavy atom. The average molecular weight is 255 g/mol. The number of anilines is 1. The average Bonchev–Trinajstić information content (AvgIpc) is 3.17. The molecule has 0 radical (unpaired) electrons. The monoisotopic (exact) mass is 255 g/mol. The van der Waals surface area contributed by atoms with E-state index in [1.54, 1.807) is 5.57 Å². The van der Waals surface area contributed by atoms with Crippen LogP contribution in [0.3, 0.4) is 0 Å². The number of allylic oxidation sites excluding steroid dienone is 1. The third kappa shape index (κ3) is 2.15. The Labute approximate surface area is 114 Å². The molecule has 0 aromatic carbocycles. The van der Waals surface area contributed by atoms with E-state index < -0.39 is 0 Å². The molecule has 1 saturated carbocycles. The third-order valence-corrected chi connectivity index (χ3v) is 4.71. The van der Waals surface area contributed by atoms with Gasteiger partial charge in [0.25, 0.3) is 0 Å². The molecule has 4 rings (SSSR count). The Morgan fingerprint density at radius 2 is 1.68 bits per heavy atom. The molecule has 2 bridgehead atoms. The SMILES string of the molecule is Cc1cnc(N2C3CCC2CC(=CC2CC2)C3)nc1. The van der Waals surface area contributed by atoms with Crippen LogP contribution in [0.2, 0.25) is 0 Å². The van der Waals surface area contributed by atoms with Gasteiger partial charge in [0.2, 0.25) is 5.95 Å². The molecule has 19 heavy (non-hydrogen) atoms. The van der Waals surface area contributed by atoms with Crippen LogP contribution in [-0.4, -0.2) is 22.1 Å². The second-order valence-corrected chi connectivity index (χ2v) is 6.42. The maximum atomic E-state index is 4.54. The number of aromatic nitrogens is 2. The van der Waals surface area contributed by atoms with Crippen LogP contribution in [0.5, 0.6) is 0 Å². The van der Waals surface area contributed by atoms with Crippen molar-refractivity contribution in [3.63, 3.8) is 0 Å². The maximum Gasteiger partial charge on any atom is 0.225 e. The highest BCUT2D eigenvalue weighted by Crippen LogP contribution is 2.42. The first-order chi connectivity index (χ1) is 9.29. The summed E-state index contributed by atoms with van der Waals surface area (Å²) in [4.78, 5) is 11.6. The van der Waals surface area contributed by atoms with E-state index in [1.807, 2.05) is 19.3 Å². The van der Waals surface area contributed by atoms with Crippen molar-refractivity contribution >= 4 is 5.95 Å². The van der Waals surface area contributed by atoms with Crippen LogP contribution in [-0.2, 0) is 0 Å². The van der Waals surface area contributed by atoms with Crippen LogP contribution >= 0.6 is 0 Å². The van der Waals surface area contributed by atoms with Crippen molar-refractivity contribution in [3.8, 4) is 0 Å². The lowest BCUT2D eigenvalue weighted by atomic mass is 9.96. The van der Waals surface area contributed by atoms with Crippen molar-refractivity contribution in [3.05, 3.63) is 29.6 Å². The standard InChI is InChI=1S/C16H21N3/c1-11-9-17-16(18-10-11)19-14-4-5-15(19)8-13(7-14)6-12-2-3-12/h6,9-10,12,14-15H,2-5,7-8H2,1H3. The zero-order valence-electron chi connectivity index (χ0n) is 11.5. The van der Waals surface area contributed by atoms with E-state index in [4.69, 9.17) is 0 Å². The molecule has 2 saturated heterocycles. The second-order valence-electron chi connectivity index (χ2n) is 6.42. The molecule has 100 valence electrons. The highest BCUT2D eigenvalue weighted by molar-refractivity contribution is 5.40. The Balaban J connectivity index is 1.57. The van der Waals surface area contributed by atoms with Gasteiger partial charge < -0.3 is 4.90 Å². The molecule has 0 amide bonds. The van der Waals surface area contributed by atoms with Gasteiger partial charge in [-0.25, -0.2) is 9.97 Å². The van der Waals surface area contributed by atoms with Gasteiger partial charge in [-0.05, 0) is 56.9 Å². The molecule has 1 aromatic heterocycles. The van der Waals surface area contributed by atoms with Crippen LogP contribution in [0, 0.1) is 12.8 Å². The lowest BCUT2D eigenvalue weighted by Crippen LogP contribution is -2.41. The zero-order chi connectivity index (χ0) is 12.8. The highest BCUT2D eigenvalue weighted by Gasteiger charge is 2.40. The van der Waals surface area contributed by atoms with Crippen molar-refractivity contribution < 1.29 is 0 Å². The number of fused-ring (bicyclic) bond motifs is 2. The summed E-state index contributed by atoms with van der Waals surface area (Å²) in [7, 11) is 0. The molecule has 1 aromatic rings. The van der Waals surface area contributed by atoms with Gasteiger partial charge in [-0.1, -0.05) is 11.6 Å². The van der Waals surface area contributed by atoms with Crippen molar-refractivity contribution in [2.45, 2.75) is 57.5 Å². The fourth-order valence-corrected chi connectivity index (χ4v) is 3.63. The first-order valence-electron chi connectivity index (χ1n) is 7.56.